The first-order chi connectivity index (χ1) is 12.2. The normalized spacial score (nSPS) is 11.0. The van der Waals surface area contributed by atoms with Gasteiger partial charge in [0.05, 0.1) is 12.1 Å². The number of aromatic nitrogens is 3. The summed E-state index contributed by atoms with van der Waals surface area (Å²) in [5, 5.41) is 12.5. The van der Waals surface area contributed by atoms with Crippen molar-refractivity contribution in [3.05, 3.63) is 75.5 Å². The van der Waals surface area contributed by atoms with Crippen LogP contribution in [0, 0.1) is 0 Å². The van der Waals surface area contributed by atoms with Crippen LogP contribution in [0.25, 0.3) is 22.0 Å². The second-order valence-electron chi connectivity index (χ2n) is 5.34. The van der Waals surface area contributed by atoms with Crippen LogP contribution in [0.1, 0.15) is 11.6 Å². The molecule has 4 aromatic rings. The highest BCUT2D eigenvalue weighted by atomic mass is 35.5. The van der Waals surface area contributed by atoms with Crippen LogP contribution in [0.3, 0.4) is 0 Å². The Hall–Kier alpha value is -2.21. The maximum atomic E-state index is 5.92. The Balaban J connectivity index is 1.51. The van der Waals surface area contributed by atoms with Gasteiger partial charge < -0.3 is 4.42 Å². The van der Waals surface area contributed by atoms with Gasteiger partial charge in [0, 0.05) is 26.6 Å². The molecule has 4 nitrogen and oxygen atoms in total. The van der Waals surface area contributed by atoms with Crippen molar-refractivity contribution < 1.29 is 4.42 Å². The minimum atomic E-state index is 0.472. The number of nitrogens with zero attached hydrogens (tertiary/aromatic N) is 3. The first-order valence-corrected chi connectivity index (χ1v) is 9.09. The van der Waals surface area contributed by atoms with Gasteiger partial charge in [-0.2, -0.15) is 0 Å². The van der Waals surface area contributed by atoms with Gasteiger partial charge in [0.25, 0.3) is 0 Å². The van der Waals surface area contributed by atoms with Crippen molar-refractivity contribution in [1.29, 1.82) is 0 Å². The van der Waals surface area contributed by atoms with Gasteiger partial charge in [0.15, 0.2) is 0 Å². The first kappa shape index (κ1) is 16.3. The lowest BCUT2D eigenvalue weighted by molar-refractivity contribution is 0.516. The van der Waals surface area contributed by atoms with E-state index < -0.39 is 0 Å². The molecule has 4 rings (SSSR count). The molecule has 25 heavy (non-hydrogen) atoms. The van der Waals surface area contributed by atoms with Crippen LogP contribution in [0.2, 0.25) is 10.0 Å². The zero-order valence-electron chi connectivity index (χ0n) is 12.8. The number of thiazole rings is 1. The van der Waals surface area contributed by atoms with Crippen molar-refractivity contribution in [2.24, 2.45) is 0 Å². The molecule has 0 unspecified atom stereocenters. The van der Waals surface area contributed by atoms with Gasteiger partial charge in [0.2, 0.25) is 11.8 Å². The Morgan fingerprint density at radius 1 is 0.840 bits per heavy atom. The summed E-state index contributed by atoms with van der Waals surface area (Å²) in [6.07, 6.45) is 0.491. The Morgan fingerprint density at radius 2 is 1.48 bits per heavy atom. The predicted molar refractivity (Wildman–Crippen MR) is 100 cm³/mol. The zero-order valence-corrected chi connectivity index (χ0v) is 15.1. The predicted octanol–water partition coefficient (Wildman–Crippen LogP) is 5.76. The third kappa shape index (κ3) is 3.74. The zero-order chi connectivity index (χ0) is 17.2. The van der Waals surface area contributed by atoms with Crippen LogP contribution >= 0.6 is 34.5 Å². The Kier molecular flexibility index (Phi) is 4.53. The van der Waals surface area contributed by atoms with E-state index in [9.17, 15) is 0 Å². The van der Waals surface area contributed by atoms with E-state index in [1.165, 1.54) is 0 Å². The molecule has 2 aromatic heterocycles. The van der Waals surface area contributed by atoms with E-state index in [1.54, 1.807) is 23.5 Å². The molecule has 0 aliphatic carbocycles. The number of hydrogen-bond donors (Lipinski definition) is 0. The average Bonchev–Trinajstić information content (AvgIpc) is 3.27. The van der Waals surface area contributed by atoms with E-state index in [0.29, 0.717) is 28.2 Å². The molecule has 7 heteroatoms. The molecule has 0 saturated carbocycles. The summed E-state index contributed by atoms with van der Waals surface area (Å²) in [6, 6.07) is 14.9. The van der Waals surface area contributed by atoms with Crippen LogP contribution in [0.4, 0.5) is 0 Å². The Morgan fingerprint density at radius 3 is 2.16 bits per heavy atom. The average molecular weight is 388 g/mol. The van der Waals surface area contributed by atoms with Gasteiger partial charge in [0.1, 0.15) is 5.01 Å². The molecule has 124 valence electrons. The summed E-state index contributed by atoms with van der Waals surface area (Å²) in [5.41, 5.74) is 2.76. The molecule has 0 amide bonds. The largest absolute Gasteiger partial charge is 0.420 e. The van der Waals surface area contributed by atoms with Crippen molar-refractivity contribution in [2.75, 3.05) is 0 Å². The maximum absolute atomic E-state index is 5.92. The quantitative estimate of drug-likeness (QED) is 0.446. The Labute approximate surface area is 158 Å². The first-order valence-electron chi connectivity index (χ1n) is 7.46. The van der Waals surface area contributed by atoms with Crippen molar-refractivity contribution in [1.82, 2.24) is 15.2 Å². The molecule has 0 atom stereocenters. The van der Waals surface area contributed by atoms with E-state index >= 15 is 0 Å². The molecule has 0 N–H and O–H groups in total. The van der Waals surface area contributed by atoms with Crippen molar-refractivity contribution in [3.8, 4) is 22.0 Å². The monoisotopic (exact) mass is 387 g/mol. The topological polar surface area (TPSA) is 51.8 Å². The second-order valence-corrected chi connectivity index (χ2v) is 7.07. The standard InChI is InChI=1S/C18H11Cl2N3OS/c19-13-5-1-11(2-6-13)17-23-22-16(24-17)9-15-10-25-18(21-15)12-3-7-14(20)8-4-12/h1-8,10H,9H2. The summed E-state index contributed by atoms with van der Waals surface area (Å²) >= 11 is 13.4. The Bertz CT molecular complexity index is 912. The summed E-state index contributed by atoms with van der Waals surface area (Å²) in [6.45, 7) is 0. The van der Waals surface area contributed by atoms with Gasteiger partial charge in [-0.25, -0.2) is 4.98 Å². The van der Waals surface area contributed by atoms with Crippen molar-refractivity contribution in [3.63, 3.8) is 0 Å². The van der Waals surface area contributed by atoms with E-state index in [-0.39, 0.29) is 0 Å². The molecule has 2 heterocycles. The van der Waals surface area contributed by atoms with E-state index in [4.69, 9.17) is 27.6 Å². The SMILES string of the molecule is Clc1ccc(-c2nnc(Cc3csc(-c4ccc(Cl)cc4)n3)o2)cc1. The molecule has 2 aromatic carbocycles. The van der Waals surface area contributed by atoms with Gasteiger partial charge in [-0.1, -0.05) is 35.3 Å². The highest BCUT2D eigenvalue weighted by molar-refractivity contribution is 7.13. The van der Waals surface area contributed by atoms with Crippen LogP contribution in [-0.2, 0) is 6.42 Å². The number of hydrogen-bond acceptors (Lipinski definition) is 5. The summed E-state index contributed by atoms with van der Waals surface area (Å²) in [4.78, 5) is 4.63. The second kappa shape index (κ2) is 6.96. The van der Waals surface area contributed by atoms with Gasteiger partial charge >= 0.3 is 0 Å². The lowest BCUT2D eigenvalue weighted by Gasteiger charge is -1.96. The van der Waals surface area contributed by atoms with Crippen LogP contribution in [-0.4, -0.2) is 15.2 Å². The summed E-state index contributed by atoms with van der Waals surface area (Å²) < 4.78 is 5.73. The number of halogens is 2. The molecule has 0 fully saturated rings. The van der Waals surface area contributed by atoms with Gasteiger partial charge in [-0.15, -0.1) is 21.5 Å². The molecule has 0 saturated heterocycles. The third-order valence-electron chi connectivity index (χ3n) is 3.53. The lowest BCUT2D eigenvalue weighted by Crippen LogP contribution is -1.88. The summed E-state index contributed by atoms with van der Waals surface area (Å²) in [5.74, 6) is 0.998. The highest BCUT2D eigenvalue weighted by Gasteiger charge is 2.12. The molecule has 0 aliphatic heterocycles. The number of benzene rings is 2. The number of rotatable bonds is 4. The van der Waals surface area contributed by atoms with Gasteiger partial charge in [-0.05, 0) is 36.4 Å². The molecule has 0 spiro atoms. The van der Waals surface area contributed by atoms with Crippen molar-refractivity contribution >= 4 is 34.5 Å². The van der Waals surface area contributed by atoms with Crippen molar-refractivity contribution in [2.45, 2.75) is 6.42 Å². The fourth-order valence-electron chi connectivity index (χ4n) is 2.30. The van der Waals surface area contributed by atoms with E-state index in [0.717, 1.165) is 21.8 Å². The molecular weight excluding hydrogens is 377 g/mol. The van der Waals surface area contributed by atoms with E-state index in [2.05, 4.69) is 15.2 Å². The highest BCUT2D eigenvalue weighted by Crippen LogP contribution is 2.26. The smallest absolute Gasteiger partial charge is 0.247 e. The molecule has 0 bridgehead atoms. The fourth-order valence-corrected chi connectivity index (χ4v) is 3.38. The van der Waals surface area contributed by atoms with Crippen LogP contribution in [0.5, 0.6) is 0 Å². The van der Waals surface area contributed by atoms with Gasteiger partial charge in [-0.3, -0.25) is 0 Å². The van der Waals surface area contributed by atoms with Crippen LogP contribution in [0.15, 0.2) is 58.3 Å². The summed E-state index contributed by atoms with van der Waals surface area (Å²) in [7, 11) is 0. The molecule has 0 aliphatic rings. The molecule has 0 radical (unpaired) electrons. The lowest BCUT2D eigenvalue weighted by atomic mass is 10.2. The third-order valence-corrected chi connectivity index (χ3v) is 4.98. The van der Waals surface area contributed by atoms with E-state index in [1.807, 2.05) is 41.8 Å². The molecular formula is C18H11Cl2N3OS. The maximum Gasteiger partial charge on any atom is 0.247 e. The van der Waals surface area contributed by atoms with Crippen LogP contribution < -0.4 is 0 Å². The minimum Gasteiger partial charge on any atom is -0.420 e. The fraction of sp³-hybridized carbons (Fsp3) is 0.0556. The minimum absolute atomic E-state index is 0.472.